The van der Waals surface area contributed by atoms with Crippen LogP contribution in [0.2, 0.25) is 0 Å². The molecular formula is C15H27N5O. The van der Waals surface area contributed by atoms with Gasteiger partial charge in [0.2, 0.25) is 0 Å². The molecule has 0 bridgehead atoms. The van der Waals surface area contributed by atoms with E-state index in [4.69, 9.17) is 5.73 Å². The molecule has 6 heteroatoms. The van der Waals surface area contributed by atoms with Gasteiger partial charge in [0.15, 0.2) is 0 Å². The summed E-state index contributed by atoms with van der Waals surface area (Å²) in [4.78, 5) is 12.5. The summed E-state index contributed by atoms with van der Waals surface area (Å²) < 4.78 is 1.85. The van der Waals surface area contributed by atoms with Crippen LogP contribution in [0.25, 0.3) is 0 Å². The SMILES string of the molecule is Cc1c(C(=O)NN2C(C)CCCC2C)cnn1CCCN. The summed E-state index contributed by atoms with van der Waals surface area (Å²) in [6.07, 6.45) is 5.99. The second-order valence-electron chi connectivity index (χ2n) is 5.99. The Morgan fingerprint density at radius 2 is 2.10 bits per heavy atom. The first kappa shape index (κ1) is 16.0. The Bertz CT molecular complexity index is 474. The van der Waals surface area contributed by atoms with Gasteiger partial charge in [0.1, 0.15) is 0 Å². The van der Waals surface area contributed by atoms with Gasteiger partial charge in [-0.05, 0) is 46.6 Å². The van der Waals surface area contributed by atoms with Gasteiger partial charge >= 0.3 is 0 Å². The summed E-state index contributed by atoms with van der Waals surface area (Å²) in [5.74, 6) is -0.0629. The van der Waals surface area contributed by atoms with Crippen LogP contribution in [0.4, 0.5) is 0 Å². The quantitative estimate of drug-likeness (QED) is 0.861. The van der Waals surface area contributed by atoms with Crippen molar-refractivity contribution in [2.75, 3.05) is 6.54 Å². The van der Waals surface area contributed by atoms with E-state index in [0.29, 0.717) is 24.2 Å². The van der Waals surface area contributed by atoms with Crippen LogP contribution in [0.3, 0.4) is 0 Å². The van der Waals surface area contributed by atoms with E-state index in [9.17, 15) is 4.79 Å². The second-order valence-corrected chi connectivity index (χ2v) is 5.99. The first-order chi connectivity index (χ1) is 10.0. The lowest BCUT2D eigenvalue weighted by Gasteiger charge is -2.38. The van der Waals surface area contributed by atoms with Gasteiger partial charge in [-0.1, -0.05) is 6.42 Å². The first-order valence-corrected chi connectivity index (χ1v) is 7.86. The molecule has 3 N–H and O–H groups in total. The number of carbonyl (C=O) groups is 1. The minimum absolute atomic E-state index is 0.0629. The van der Waals surface area contributed by atoms with Gasteiger partial charge in [0.05, 0.1) is 11.8 Å². The smallest absolute Gasteiger partial charge is 0.269 e. The molecule has 2 atom stereocenters. The standard InChI is InChI=1S/C15H27N5O/c1-11-6-4-7-12(2)20(11)18-15(21)14-10-17-19(13(14)3)9-5-8-16/h10-12H,4-9,16H2,1-3H3,(H,18,21). The highest BCUT2D eigenvalue weighted by molar-refractivity contribution is 5.94. The number of rotatable bonds is 5. The minimum Gasteiger partial charge on any atom is -0.330 e. The minimum atomic E-state index is -0.0629. The number of nitrogens with zero attached hydrogens (tertiary/aromatic N) is 3. The van der Waals surface area contributed by atoms with Crippen LogP contribution in [0.1, 0.15) is 55.6 Å². The van der Waals surface area contributed by atoms with Crippen LogP contribution in [-0.4, -0.2) is 39.3 Å². The van der Waals surface area contributed by atoms with Gasteiger partial charge in [-0.3, -0.25) is 14.9 Å². The van der Waals surface area contributed by atoms with Gasteiger partial charge in [0, 0.05) is 24.3 Å². The number of piperidine rings is 1. The summed E-state index contributed by atoms with van der Waals surface area (Å²) in [5, 5.41) is 6.37. The molecule has 1 aliphatic rings. The van der Waals surface area contributed by atoms with Crippen LogP contribution in [0.15, 0.2) is 6.20 Å². The molecule has 118 valence electrons. The number of carbonyl (C=O) groups excluding carboxylic acids is 1. The second kappa shape index (κ2) is 7.04. The number of hydrogen-bond acceptors (Lipinski definition) is 4. The number of hydrogen-bond donors (Lipinski definition) is 2. The van der Waals surface area contributed by atoms with Crippen molar-refractivity contribution in [3.8, 4) is 0 Å². The predicted molar refractivity (Wildman–Crippen MR) is 82.7 cm³/mol. The molecule has 0 saturated carbocycles. The van der Waals surface area contributed by atoms with Crippen LogP contribution in [-0.2, 0) is 6.54 Å². The van der Waals surface area contributed by atoms with Crippen molar-refractivity contribution < 1.29 is 4.79 Å². The zero-order valence-electron chi connectivity index (χ0n) is 13.3. The largest absolute Gasteiger partial charge is 0.330 e. The fourth-order valence-electron chi connectivity index (χ4n) is 2.96. The summed E-state index contributed by atoms with van der Waals surface area (Å²) in [6.45, 7) is 7.64. The average molecular weight is 293 g/mol. The first-order valence-electron chi connectivity index (χ1n) is 7.86. The number of hydrazine groups is 1. The van der Waals surface area contributed by atoms with Crippen LogP contribution in [0.5, 0.6) is 0 Å². The maximum atomic E-state index is 12.5. The van der Waals surface area contributed by atoms with Crippen molar-refractivity contribution in [2.45, 2.75) is 65.1 Å². The van der Waals surface area contributed by atoms with E-state index in [-0.39, 0.29) is 5.91 Å². The number of aromatic nitrogens is 2. The summed E-state index contributed by atoms with van der Waals surface area (Å²) in [6, 6.07) is 0.760. The fourth-order valence-corrected chi connectivity index (χ4v) is 2.96. The highest BCUT2D eigenvalue weighted by Crippen LogP contribution is 2.20. The van der Waals surface area contributed by atoms with Crippen LogP contribution >= 0.6 is 0 Å². The van der Waals surface area contributed by atoms with E-state index in [1.54, 1.807) is 6.20 Å². The normalized spacial score (nSPS) is 23.2. The predicted octanol–water partition coefficient (Wildman–Crippen LogP) is 1.45. The third kappa shape index (κ3) is 3.63. The molecule has 2 heterocycles. The van der Waals surface area contributed by atoms with Crippen molar-refractivity contribution >= 4 is 5.91 Å². The number of nitrogens with two attached hydrogens (primary N) is 1. The van der Waals surface area contributed by atoms with Crippen LogP contribution < -0.4 is 11.2 Å². The Kier molecular flexibility index (Phi) is 5.36. The van der Waals surface area contributed by atoms with E-state index < -0.39 is 0 Å². The maximum Gasteiger partial charge on any atom is 0.269 e. The van der Waals surface area contributed by atoms with Crippen LogP contribution in [0, 0.1) is 6.92 Å². The molecule has 0 aromatic carbocycles. The fraction of sp³-hybridized carbons (Fsp3) is 0.733. The van der Waals surface area contributed by atoms with Crippen molar-refractivity contribution in [3.05, 3.63) is 17.5 Å². The third-order valence-electron chi connectivity index (χ3n) is 4.35. The Hall–Kier alpha value is -1.40. The molecule has 1 saturated heterocycles. The number of nitrogens with one attached hydrogen (secondary N) is 1. The van der Waals surface area contributed by atoms with Crippen molar-refractivity contribution in [3.63, 3.8) is 0 Å². The topological polar surface area (TPSA) is 76.2 Å². The molecule has 2 unspecified atom stereocenters. The molecule has 21 heavy (non-hydrogen) atoms. The lowest BCUT2D eigenvalue weighted by atomic mass is 10.00. The van der Waals surface area contributed by atoms with Gasteiger partial charge in [-0.25, -0.2) is 5.01 Å². The lowest BCUT2D eigenvalue weighted by Crippen LogP contribution is -2.54. The maximum absolute atomic E-state index is 12.5. The van der Waals surface area contributed by atoms with E-state index in [0.717, 1.165) is 31.5 Å². The molecule has 2 rings (SSSR count). The molecule has 1 aromatic heterocycles. The van der Waals surface area contributed by atoms with E-state index in [1.807, 2.05) is 11.6 Å². The highest BCUT2D eigenvalue weighted by atomic mass is 16.2. The Labute approximate surface area is 126 Å². The molecule has 6 nitrogen and oxygen atoms in total. The van der Waals surface area contributed by atoms with E-state index in [2.05, 4.69) is 29.4 Å². The Morgan fingerprint density at radius 1 is 1.43 bits per heavy atom. The summed E-state index contributed by atoms with van der Waals surface area (Å²) >= 11 is 0. The molecular weight excluding hydrogens is 266 g/mol. The summed E-state index contributed by atoms with van der Waals surface area (Å²) in [5.41, 5.74) is 10.1. The zero-order chi connectivity index (χ0) is 15.4. The van der Waals surface area contributed by atoms with E-state index >= 15 is 0 Å². The molecule has 0 spiro atoms. The zero-order valence-corrected chi connectivity index (χ0v) is 13.3. The molecule has 1 aliphatic heterocycles. The number of amides is 1. The van der Waals surface area contributed by atoms with Gasteiger partial charge in [-0.2, -0.15) is 5.10 Å². The molecule has 0 radical (unpaired) electrons. The number of aryl methyl sites for hydroxylation is 1. The monoisotopic (exact) mass is 293 g/mol. The lowest BCUT2D eigenvalue weighted by molar-refractivity contribution is 0.0369. The summed E-state index contributed by atoms with van der Waals surface area (Å²) in [7, 11) is 0. The molecule has 1 aromatic rings. The van der Waals surface area contributed by atoms with Crippen molar-refractivity contribution in [1.29, 1.82) is 0 Å². The van der Waals surface area contributed by atoms with E-state index in [1.165, 1.54) is 6.42 Å². The van der Waals surface area contributed by atoms with Gasteiger partial charge in [0.25, 0.3) is 5.91 Å². The molecule has 0 aliphatic carbocycles. The van der Waals surface area contributed by atoms with Crippen molar-refractivity contribution in [1.82, 2.24) is 20.2 Å². The van der Waals surface area contributed by atoms with Gasteiger partial charge in [-0.15, -0.1) is 0 Å². The molecule has 1 amide bonds. The Morgan fingerprint density at radius 3 is 2.71 bits per heavy atom. The highest BCUT2D eigenvalue weighted by Gasteiger charge is 2.27. The van der Waals surface area contributed by atoms with Gasteiger partial charge < -0.3 is 5.73 Å². The van der Waals surface area contributed by atoms with Crippen molar-refractivity contribution in [2.24, 2.45) is 5.73 Å². The molecule has 1 fully saturated rings. The average Bonchev–Trinajstić information content (AvgIpc) is 2.82. The third-order valence-corrected chi connectivity index (χ3v) is 4.35. The Balaban J connectivity index is 2.04.